The normalized spacial score (nSPS) is 13.9. The van der Waals surface area contributed by atoms with Crippen LogP contribution < -0.4 is 5.32 Å². The zero-order chi connectivity index (χ0) is 25.9. The Kier molecular flexibility index (Phi) is 7.25. The third-order valence-corrected chi connectivity index (χ3v) is 6.65. The summed E-state index contributed by atoms with van der Waals surface area (Å²) in [5.74, 6) is 0.663. The zero-order valence-electron chi connectivity index (χ0n) is 20.0. The number of hydrogen-bond acceptors (Lipinski definition) is 7. The minimum atomic E-state index is -0.413. The number of aromatic nitrogens is 4. The molecule has 0 fully saturated rings. The first-order valence-corrected chi connectivity index (χ1v) is 12.6. The number of ether oxygens (including phenoxy) is 1. The number of fused-ring (bicyclic) bond motifs is 2. The van der Waals surface area contributed by atoms with Gasteiger partial charge < -0.3 is 19.9 Å². The van der Waals surface area contributed by atoms with E-state index in [9.17, 15) is 9.59 Å². The van der Waals surface area contributed by atoms with Gasteiger partial charge in [-0.2, -0.15) is 0 Å². The Bertz CT molecular complexity index is 1510. The smallest absolute Gasteiger partial charge is 0.305 e. The monoisotopic (exact) mass is 538 g/mol. The lowest BCUT2D eigenvalue weighted by Gasteiger charge is -2.19. The Balaban J connectivity index is 1.48. The fraction of sp³-hybridized carbons (Fsp3) is 0.269. The summed E-state index contributed by atoms with van der Waals surface area (Å²) in [5, 5.41) is 4.93. The third-order valence-electron chi connectivity index (χ3n) is 6.11. The van der Waals surface area contributed by atoms with Gasteiger partial charge in [-0.05, 0) is 43.7 Å². The number of anilines is 1. The van der Waals surface area contributed by atoms with Gasteiger partial charge in [0.25, 0.3) is 5.91 Å². The molecule has 2 aromatic carbocycles. The third kappa shape index (κ3) is 5.38. The molecule has 1 aliphatic rings. The molecule has 4 aromatic rings. The molecule has 0 saturated heterocycles. The molecule has 1 atom stereocenters. The van der Waals surface area contributed by atoms with Gasteiger partial charge in [-0.25, -0.2) is 15.0 Å². The van der Waals surface area contributed by atoms with Crippen molar-refractivity contribution in [2.75, 3.05) is 25.0 Å². The van der Waals surface area contributed by atoms with Crippen LogP contribution in [0.1, 0.15) is 42.0 Å². The second-order valence-corrected chi connectivity index (χ2v) is 9.42. The fourth-order valence-corrected chi connectivity index (χ4v) is 4.69. The van der Waals surface area contributed by atoms with Crippen LogP contribution in [-0.2, 0) is 9.53 Å². The number of rotatable bonds is 8. The van der Waals surface area contributed by atoms with Crippen LogP contribution in [0.4, 0.5) is 5.82 Å². The minimum Gasteiger partial charge on any atom is -0.466 e. The summed E-state index contributed by atoms with van der Waals surface area (Å²) in [7, 11) is 0. The Morgan fingerprint density at radius 2 is 1.95 bits per heavy atom. The Morgan fingerprint density at radius 1 is 1.14 bits per heavy atom. The van der Waals surface area contributed by atoms with E-state index in [1.807, 2.05) is 18.2 Å². The van der Waals surface area contributed by atoms with E-state index in [4.69, 9.17) is 32.9 Å². The summed E-state index contributed by atoms with van der Waals surface area (Å²) in [4.78, 5) is 43.6. The van der Waals surface area contributed by atoms with Crippen molar-refractivity contribution in [2.24, 2.45) is 0 Å². The van der Waals surface area contributed by atoms with Crippen molar-refractivity contribution in [1.82, 2.24) is 24.8 Å². The van der Waals surface area contributed by atoms with Gasteiger partial charge in [0.1, 0.15) is 18.0 Å². The Labute approximate surface area is 222 Å². The number of carbonyl (C=O) groups is 2. The number of imidazole rings is 1. The molecule has 3 heterocycles. The number of nitrogens with one attached hydrogen (secondary N) is 2. The quantitative estimate of drug-likeness (QED) is 0.230. The summed E-state index contributed by atoms with van der Waals surface area (Å²) >= 11 is 12.7. The second-order valence-electron chi connectivity index (χ2n) is 8.58. The zero-order valence-corrected chi connectivity index (χ0v) is 21.5. The molecule has 37 heavy (non-hydrogen) atoms. The van der Waals surface area contributed by atoms with Gasteiger partial charge in [0.15, 0.2) is 0 Å². The van der Waals surface area contributed by atoms with E-state index in [0.29, 0.717) is 64.3 Å². The van der Waals surface area contributed by atoms with Crippen molar-refractivity contribution in [3.05, 3.63) is 70.2 Å². The molecule has 5 rings (SSSR count). The first-order chi connectivity index (χ1) is 17.9. The van der Waals surface area contributed by atoms with E-state index in [1.54, 1.807) is 36.1 Å². The Morgan fingerprint density at radius 3 is 2.73 bits per heavy atom. The van der Waals surface area contributed by atoms with E-state index in [2.05, 4.69) is 20.3 Å². The number of halogens is 2. The molecule has 0 spiro atoms. The van der Waals surface area contributed by atoms with Gasteiger partial charge in [0, 0.05) is 29.9 Å². The minimum absolute atomic E-state index is 0.154. The maximum absolute atomic E-state index is 12.9. The summed E-state index contributed by atoms with van der Waals surface area (Å²) in [6.07, 6.45) is 5.88. The van der Waals surface area contributed by atoms with Crippen LogP contribution in [0, 0.1) is 0 Å². The van der Waals surface area contributed by atoms with Crippen LogP contribution >= 0.6 is 23.2 Å². The van der Waals surface area contributed by atoms with Crippen LogP contribution in [0.2, 0.25) is 10.0 Å². The number of aromatic amines is 1. The van der Waals surface area contributed by atoms with Crippen molar-refractivity contribution in [3.63, 3.8) is 0 Å². The summed E-state index contributed by atoms with van der Waals surface area (Å²) in [5.41, 5.74) is 2.48. The molecule has 0 saturated carbocycles. The molecule has 0 bridgehead atoms. The maximum Gasteiger partial charge on any atom is 0.305 e. The van der Waals surface area contributed by atoms with Crippen LogP contribution in [0.3, 0.4) is 0 Å². The summed E-state index contributed by atoms with van der Waals surface area (Å²) in [6, 6.07) is 8.36. The van der Waals surface area contributed by atoms with Crippen molar-refractivity contribution in [2.45, 2.75) is 25.8 Å². The SMILES string of the molecule is CCOC(=O)CC[C@H](Nc1ncnc2cc(C(=O)N3CC=CC3)c(Cl)cc12)c1nc2ccc(Cl)cc2[nH]1. The van der Waals surface area contributed by atoms with Crippen LogP contribution in [-0.4, -0.2) is 56.4 Å². The number of benzene rings is 2. The summed E-state index contributed by atoms with van der Waals surface area (Å²) in [6.45, 7) is 3.18. The molecule has 0 aliphatic carbocycles. The van der Waals surface area contributed by atoms with Crippen molar-refractivity contribution in [3.8, 4) is 0 Å². The second kappa shape index (κ2) is 10.7. The molecule has 190 valence electrons. The lowest BCUT2D eigenvalue weighted by molar-refractivity contribution is -0.143. The highest BCUT2D eigenvalue weighted by molar-refractivity contribution is 6.35. The van der Waals surface area contributed by atoms with Crippen LogP contribution in [0.15, 0.2) is 48.8 Å². The predicted octanol–water partition coefficient (Wildman–Crippen LogP) is 5.32. The molecule has 0 unspecified atom stereocenters. The molecule has 2 aromatic heterocycles. The molecule has 1 amide bonds. The molecule has 1 aliphatic heterocycles. The number of nitrogens with zero attached hydrogens (tertiary/aromatic N) is 4. The highest BCUT2D eigenvalue weighted by Crippen LogP contribution is 2.31. The average molecular weight is 539 g/mol. The first-order valence-electron chi connectivity index (χ1n) is 11.9. The molecular weight excluding hydrogens is 515 g/mol. The predicted molar refractivity (Wildman–Crippen MR) is 143 cm³/mol. The lowest BCUT2D eigenvalue weighted by atomic mass is 10.1. The highest BCUT2D eigenvalue weighted by Gasteiger charge is 2.23. The van der Waals surface area contributed by atoms with Gasteiger partial charge in [-0.15, -0.1) is 0 Å². The molecule has 0 radical (unpaired) electrons. The van der Waals surface area contributed by atoms with Crippen LogP contribution in [0.5, 0.6) is 0 Å². The van der Waals surface area contributed by atoms with Gasteiger partial charge in [-0.1, -0.05) is 35.4 Å². The Hall–Kier alpha value is -3.69. The largest absolute Gasteiger partial charge is 0.466 e. The van der Waals surface area contributed by atoms with Gasteiger partial charge in [0.05, 0.1) is 39.8 Å². The maximum atomic E-state index is 12.9. The number of H-pyrrole nitrogens is 1. The lowest BCUT2D eigenvalue weighted by Crippen LogP contribution is -2.28. The highest BCUT2D eigenvalue weighted by atomic mass is 35.5. The van der Waals surface area contributed by atoms with Gasteiger partial charge in [-0.3, -0.25) is 9.59 Å². The van der Waals surface area contributed by atoms with Crippen LogP contribution in [0.25, 0.3) is 21.9 Å². The van der Waals surface area contributed by atoms with Gasteiger partial charge in [0.2, 0.25) is 0 Å². The van der Waals surface area contributed by atoms with Crippen molar-refractivity contribution in [1.29, 1.82) is 0 Å². The standard InChI is InChI=1S/C26H24Cl2N6O3/c1-2-37-23(35)8-7-20(25-31-19-6-5-15(27)11-22(19)33-25)32-24-17-12-18(28)16(13-21(17)29-14-30-24)26(36)34-9-3-4-10-34/h3-6,11-14,20H,2,7-10H2,1H3,(H,31,33)(H,29,30,32)/t20-/m0/s1. The van der Waals surface area contributed by atoms with Crippen molar-refractivity contribution >= 4 is 62.8 Å². The number of hydrogen-bond donors (Lipinski definition) is 2. The van der Waals surface area contributed by atoms with E-state index in [-0.39, 0.29) is 18.3 Å². The van der Waals surface area contributed by atoms with E-state index in [0.717, 1.165) is 11.0 Å². The number of esters is 1. The fourth-order valence-electron chi connectivity index (χ4n) is 4.27. The van der Waals surface area contributed by atoms with E-state index in [1.165, 1.54) is 6.33 Å². The molecule has 9 nitrogen and oxygen atoms in total. The molecule has 11 heteroatoms. The first kappa shape index (κ1) is 25.0. The topological polar surface area (TPSA) is 113 Å². The molecular formula is C26H24Cl2N6O3. The van der Waals surface area contributed by atoms with Gasteiger partial charge >= 0.3 is 5.97 Å². The van der Waals surface area contributed by atoms with E-state index >= 15 is 0 Å². The average Bonchev–Trinajstić information content (AvgIpc) is 3.56. The van der Waals surface area contributed by atoms with Crippen molar-refractivity contribution < 1.29 is 14.3 Å². The summed E-state index contributed by atoms with van der Waals surface area (Å²) < 4.78 is 5.12. The molecule has 2 N–H and O–H groups in total. The van der Waals surface area contributed by atoms with E-state index < -0.39 is 6.04 Å². The number of carbonyl (C=O) groups excluding carboxylic acids is 2. The number of amides is 1.